The van der Waals surface area contributed by atoms with E-state index in [1.807, 2.05) is 49.4 Å². The molecule has 20 heavy (non-hydrogen) atoms. The SMILES string of the molecule is Cc1ccc(OCC(O)CNCc2ccccn2)cc1. The van der Waals surface area contributed by atoms with Crippen molar-refractivity contribution in [2.75, 3.05) is 13.2 Å². The number of aromatic nitrogens is 1. The molecule has 4 nitrogen and oxygen atoms in total. The van der Waals surface area contributed by atoms with Crippen molar-refractivity contribution in [3.63, 3.8) is 0 Å². The average Bonchev–Trinajstić information content (AvgIpc) is 2.48. The Labute approximate surface area is 119 Å². The highest BCUT2D eigenvalue weighted by molar-refractivity contribution is 5.26. The van der Waals surface area contributed by atoms with E-state index in [0.29, 0.717) is 13.1 Å². The first-order valence-electron chi connectivity index (χ1n) is 6.72. The van der Waals surface area contributed by atoms with E-state index in [1.165, 1.54) is 5.56 Å². The van der Waals surface area contributed by atoms with Crippen LogP contribution in [0.1, 0.15) is 11.3 Å². The molecule has 1 aromatic heterocycles. The minimum atomic E-state index is -0.542. The topological polar surface area (TPSA) is 54.4 Å². The van der Waals surface area contributed by atoms with Gasteiger partial charge in [-0.1, -0.05) is 23.8 Å². The van der Waals surface area contributed by atoms with Crippen LogP contribution in [-0.4, -0.2) is 29.3 Å². The van der Waals surface area contributed by atoms with Gasteiger partial charge in [0.2, 0.25) is 0 Å². The van der Waals surface area contributed by atoms with Gasteiger partial charge in [-0.3, -0.25) is 4.98 Å². The van der Waals surface area contributed by atoms with Gasteiger partial charge < -0.3 is 15.2 Å². The van der Waals surface area contributed by atoms with Gasteiger partial charge in [0, 0.05) is 19.3 Å². The minimum Gasteiger partial charge on any atom is -0.491 e. The Balaban J connectivity index is 1.65. The van der Waals surface area contributed by atoms with Crippen molar-refractivity contribution < 1.29 is 9.84 Å². The molecule has 0 bridgehead atoms. The second-order valence-corrected chi connectivity index (χ2v) is 4.73. The molecule has 0 aliphatic carbocycles. The monoisotopic (exact) mass is 272 g/mol. The van der Waals surface area contributed by atoms with Gasteiger partial charge in [-0.25, -0.2) is 0 Å². The molecule has 0 saturated heterocycles. The van der Waals surface area contributed by atoms with Crippen molar-refractivity contribution in [1.29, 1.82) is 0 Å². The second-order valence-electron chi connectivity index (χ2n) is 4.73. The summed E-state index contributed by atoms with van der Waals surface area (Å²) < 4.78 is 5.52. The molecule has 0 amide bonds. The molecule has 1 aromatic carbocycles. The zero-order valence-corrected chi connectivity index (χ0v) is 11.6. The van der Waals surface area contributed by atoms with Crippen LogP contribution >= 0.6 is 0 Å². The number of benzene rings is 1. The number of rotatable bonds is 7. The van der Waals surface area contributed by atoms with Crippen LogP contribution in [0.15, 0.2) is 48.7 Å². The largest absolute Gasteiger partial charge is 0.491 e. The van der Waals surface area contributed by atoms with Gasteiger partial charge in [0.15, 0.2) is 0 Å². The van der Waals surface area contributed by atoms with E-state index in [2.05, 4.69) is 10.3 Å². The Hall–Kier alpha value is -1.91. The van der Waals surface area contributed by atoms with E-state index >= 15 is 0 Å². The molecule has 1 unspecified atom stereocenters. The molecule has 1 heterocycles. The number of hydrogen-bond donors (Lipinski definition) is 2. The average molecular weight is 272 g/mol. The molecule has 0 saturated carbocycles. The number of ether oxygens (including phenoxy) is 1. The highest BCUT2D eigenvalue weighted by atomic mass is 16.5. The summed E-state index contributed by atoms with van der Waals surface area (Å²) in [7, 11) is 0. The lowest BCUT2D eigenvalue weighted by molar-refractivity contribution is 0.106. The standard InChI is InChI=1S/C16H20N2O2/c1-13-5-7-16(8-6-13)20-12-15(19)11-17-10-14-4-2-3-9-18-14/h2-9,15,17,19H,10-12H2,1H3. The third-order valence-corrected chi connectivity index (χ3v) is 2.88. The van der Waals surface area contributed by atoms with Gasteiger partial charge in [-0.2, -0.15) is 0 Å². The normalized spacial score (nSPS) is 12.1. The first-order chi connectivity index (χ1) is 9.74. The molecule has 1 atom stereocenters. The smallest absolute Gasteiger partial charge is 0.119 e. The number of aliphatic hydroxyl groups is 1. The number of nitrogens with one attached hydrogen (secondary N) is 1. The van der Waals surface area contributed by atoms with Gasteiger partial charge in [-0.15, -0.1) is 0 Å². The van der Waals surface area contributed by atoms with Gasteiger partial charge in [0.25, 0.3) is 0 Å². The fourth-order valence-electron chi connectivity index (χ4n) is 1.76. The van der Waals surface area contributed by atoms with Crippen LogP contribution in [0.4, 0.5) is 0 Å². The Kier molecular flexibility index (Phi) is 5.53. The molecular weight excluding hydrogens is 252 g/mol. The molecule has 106 valence electrons. The van der Waals surface area contributed by atoms with Crippen LogP contribution in [0, 0.1) is 6.92 Å². The third kappa shape index (κ3) is 4.99. The molecule has 0 aliphatic heterocycles. The van der Waals surface area contributed by atoms with Crippen LogP contribution in [0.25, 0.3) is 0 Å². The highest BCUT2D eigenvalue weighted by Crippen LogP contribution is 2.11. The second kappa shape index (κ2) is 7.62. The van der Waals surface area contributed by atoms with Crippen molar-refractivity contribution in [3.05, 3.63) is 59.9 Å². The van der Waals surface area contributed by atoms with E-state index in [1.54, 1.807) is 6.20 Å². The Morgan fingerprint density at radius 2 is 2.00 bits per heavy atom. The zero-order valence-electron chi connectivity index (χ0n) is 11.6. The van der Waals surface area contributed by atoms with Gasteiger partial charge in [0.05, 0.1) is 5.69 Å². The predicted octanol–water partition coefficient (Wildman–Crippen LogP) is 1.92. The molecule has 0 spiro atoms. The molecule has 0 radical (unpaired) electrons. The maximum absolute atomic E-state index is 9.84. The number of aliphatic hydroxyl groups excluding tert-OH is 1. The summed E-state index contributed by atoms with van der Waals surface area (Å²) in [5.41, 5.74) is 2.15. The summed E-state index contributed by atoms with van der Waals surface area (Å²) in [4.78, 5) is 4.20. The summed E-state index contributed by atoms with van der Waals surface area (Å²) in [5.74, 6) is 0.777. The quantitative estimate of drug-likeness (QED) is 0.808. The van der Waals surface area contributed by atoms with E-state index in [4.69, 9.17) is 4.74 Å². The lowest BCUT2D eigenvalue weighted by atomic mass is 10.2. The lowest BCUT2D eigenvalue weighted by Gasteiger charge is -2.13. The summed E-state index contributed by atoms with van der Waals surface area (Å²) >= 11 is 0. The van der Waals surface area contributed by atoms with Crippen molar-refractivity contribution in [2.45, 2.75) is 19.6 Å². The third-order valence-electron chi connectivity index (χ3n) is 2.88. The van der Waals surface area contributed by atoms with E-state index < -0.39 is 6.10 Å². The van der Waals surface area contributed by atoms with Crippen molar-refractivity contribution >= 4 is 0 Å². The Morgan fingerprint density at radius 1 is 1.20 bits per heavy atom. The Bertz CT molecular complexity index is 500. The number of aryl methyl sites for hydroxylation is 1. The summed E-state index contributed by atoms with van der Waals surface area (Å²) in [6.07, 6.45) is 1.22. The van der Waals surface area contributed by atoms with Crippen LogP contribution in [0.2, 0.25) is 0 Å². The summed E-state index contributed by atoms with van der Waals surface area (Å²) in [6, 6.07) is 13.6. The summed E-state index contributed by atoms with van der Waals surface area (Å²) in [6.45, 7) is 3.42. The molecule has 2 aromatic rings. The van der Waals surface area contributed by atoms with Crippen LogP contribution in [-0.2, 0) is 6.54 Å². The zero-order chi connectivity index (χ0) is 14.2. The number of pyridine rings is 1. The van der Waals surface area contributed by atoms with Crippen LogP contribution in [0.5, 0.6) is 5.75 Å². The molecular formula is C16H20N2O2. The van der Waals surface area contributed by atoms with Gasteiger partial charge >= 0.3 is 0 Å². The van der Waals surface area contributed by atoms with Crippen molar-refractivity contribution in [1.82, 2.24) is 10.3 Å². The minimum absolute atomic E-state index is 0.276. The van der Waals surface area contributed by atoms with Gasteiger partial charge in [0.1, 0.15) is 18.5 Å². The van der Waals surface area contributed by atoms with Gasteiger partial charge in [-0.05, 0) is 31.2 Å². The molecule has 2 rings (SSSR count). The van der Waals surface area contributed by atoms with E-state index in [9.17, 15) is 5.11 Å². The molecule has 2 N–H and O–H groups in total. The first-order valence-corrected chi connectivity index (χ1v) is 6.72. The maximum Gasteiger partial charge on any atom is 0.119 e. The lowest BCUT2D eigenvalue weighted by Crippen LogP contribution is -2.31. The van der Waals surface area contributed by atoms with Crippen LogP contribution in [0.3, 0.4) is 0 Å². The molecule has 0 fully saturated rings. The van der Waals surface area contributed by atoms with E-state index in [0.717, 1.165) is 11.4 Å². The Morgan fingerprint density at radius 3 is 2.70 bits per heavy atom. The van der Waals surface area contributed by atoms with Crippen molar-refractivity contribution in [2.24, 2.45) is 0 Å². The fourth-order valence-corrected chi connectivity index (χ4v) is 1.76. The first kappa shape index (κ1) is 14.5. The number of nitrogens with zero attached hydrogens (tertiary/aromatic N) is 1. The molecule has 0 aliphatic rings. The highest BCUT2D eigenvalue weighted by Gasteiger charge is 2.05. The number of hydrogen-bond acceptors (Lipinski definition) is 4. The van der Waals surface area contributed by atoms with Crippen molar-refractivity contribution in [3.8, 4) is 5.75 Å². The maximum atomic E-state index is 9.84. The summed E-state index contributed by atoms with van der Waals surface area (Å²) in [5, 5.41) is 13.0. The van der Waals surface area contributed by atoms with Crippen LogP contribution < -0.4 is 10.1 Å². The molecule has 4 heteroatoms. The predicted molar refractivity (Wildman–Crippen MR) is 78.6 cm³/mol. The van der Waals surface area contributed by atoms with E-state index in [-0.39, 0.29) is 6.61 Å². The fraction of sp³-hybridized carbons (Fsp3) is 0.312.